The molecule has 2 rings (SSSR count). The van der Waals surface area contributed by atoms with E-state index in [4.69, 9.17) is 14.3 Å². The van der Waals surface area contributed by atoms with E-state index < -0.39 is 11.9 Å². The minimum Gasteiger partial charge on any atom is -0.475 e. The first kappa shape index (κ1) is 16.5. The number of aromatic carboxylic acids is 1. The molecule has 0 aromatic carbocycles. The van der Waals surface area contributed by atoms with Crippen LogP contribution in [0.4, 0.5) is 0 Å². The Hall–Kier alpha value is -1.82. The average Bonchev–Trinajstić information content (AvgIpc) is 3.02. The van der Waals surface area contributed by atoms with Crippen molar-refractivity contribution in [1.29, 1.82) is 0 Å². The van der Waals surface area contributed by atoms with E-state index in [0.29, 0.717) is 13.2 Å². The van der Waals surface area contributed by atoms with Gasteiger partial charge in [-0.15, -0.1) is 0 Å². The predicted octanol–water partition coefficient (Wildman–Crippen LogP) is 2.84. The molecule has 1 aromatic heterocycles. The van der Waals surface area contributed by atoms with Gasteiger partial charge >= 0.3 is 5.97 Å². The highest BCUT2D eigenvalue weighted by atomic mass is 16.5. The summed E-state index contributed by atoms with van der Waals surface area (Å²) in [4.78, 5) is 22.9. The highest BCUT2D eigenvalue weighted by molar-refractivity contribution is 5.93. The fourth-order valence-corrected chi connectivity index (χ4v) is 2.79. The fourth-order valence-electron chi connectivity index (χ4n) is 2.79. The van der Waals surface area contributed by atoms with Gasteiger partial charge < -0.3 is 19.6 Å². The minimum atomic E-state index is -1.19. The number of nitrogens with one attached hydrogen (secondary N) is 1. The average molecular weight is 309 g/mol. The SMILES string of the molecule is CCCOC1(CNC(=O)c2ccc(C(=O)O)o2)CCCCC1. The maximum atomic E-state index is 12.1. The molecule has 1 fully saturated rings. The summed E-state index contributed by atoms with van der Waals surface area (Å²) < 4.78 is 11.0. The van der Waals surface area contributed by atoms with Gasteiger partial charge in [-0.25, -0.2) is 4.79 Å². The van der Waals surface area contributed by atoms with Gasteiger partial charge in [-0.05, 0) is 31.4 Å². The third kappa shape index (κ3) is 4.10. The van der Waals surface area contributed by atoms with Gasteiger partial charge in [0.1, 0.15) is 0 Å². The maximum Gasteiger partial charge on any atom is 0.371 e. The van der Waals surface area contributed by atoms with Crippen LogP contribution >= 0.6 is 0 Å². The van der Waals surface area contributed by atoms with Crippen molar-refractivity contribution in [1.82, 2.24) is 5.32 Å². The normalized spacial score (nSPS) is 17.1. The molecule has 6 heteroatoms. The number of carboxylic acid groups (broad SMARTS) is 1. The van der Waals surface area contributed by atoms with Gasteiger partial charge in [-0.1, -0.05) is 26.2 Å². The van der Waals surface area contributed by atoms with Crippen LogP contribution in [0.5, 0.6) is 0 Å². The number of carbonyl (C=O) groups excluding carboxylic acids is 1. The summed E-state index contributed by atoms with van der Waals surface area (Å²) in [6, 6.07) is 2.65. The summed E-state index contributed by atoms with van der Waals surface area (Å²) in [6.07, 6.45) is 6.21. The van der Waals surface area contributed by atoms with Crippen LogP contribution in [-0.4, -0.2) is 35.7 Å². The summed E-state index contributed by atoms with van der Waals surface area (Å²) >= 11 is 0. The second-order valence-electron chi connectivity index (χ2n) is 5.74. The molecule has 1 saturated carbocycles. The number of carbonyl (C=O) groups is 2. The Morgan fingerprint density at radius 1 is 1.27 bits per heavy atom. The number of rotatable bonds is 7. The summed E-state index contributed by atoms with van der Waals surface area (Å²) in [5.41, 5.74) is -0.299. The Morgan fingerprint density at radius 2 is 1.95 bits per heavy atom. The third-order valence-electron chi connectivity index (χ3n) is 3.99. The van der Waals surface area contributed by atoms with Crippen molar-refractivity contribution >= 4 is 11.9 Å². The molecular weight excluding hydrogens is 286 g/mol. The zero-order valence-electron chi connectivity index (χ0n) is 12.9. The Balaban J connectivity index is 1.95. The molecule has 22 heavy (non-hydrogen) atoms. The molecule has 1 aromatic rings. The topological polar surface area (TPSA) is 88.8 Å². The number of carboxylic acids is 1. The molecule has 0 aliphatic heterocycles. The van der Waals surface area contributed by atoms with Crippen LogP contribution in [0.3, 0.4) is 0 Å². The lowest BCUT2D eigenvalue weighted by Gasteiger charge is -2.37. The molecule has 0 saturated heterocycles. The molecule has 1 aliphatic rings. The van der Waals surface area contributed by atoms with Gasteiger partial charge in [-0.2, -0.15) is 0 Å². The van der Waals surface area contributed by atoms with Crippen LogP contribution in [0.15, 0.2) is 16.5 Å². The number of hydrogen-bond donors (Lipinski definition) is 2. The Bertz CT molecular complexity index is 516. The second kappa shape index (κ2) is 7.45. The molecule has 0 unspecified atom stereocenters. The zero-order valence-corrected chi connectivity index (χ0v) is 12.9. The Kier molecular flexibility index (Phi) is 5.60. The summed E-state index contributed by atoms with van der Waals surface area (Å²) in [5.74, 6) is -1.81. The lowest BCUT2D eigenvalue weighted by molar-refractivity contribution is -0.0669. The number of amides is 1. The quantitative estimate of drug-likeness (QED) is 0.808. The van der Waals surface area contributed by atoms with E-state index in [9.17, 15) is 9.59 Å². The van der Waals surface area contributed by atoms with Crippen molar-refractivity contribution in [2.24, 2.45) is 0 Å². The van der Waals surface area contributed by atoms with Gasteiger partial charge in [0.15, 0.2) is 5.76 Å². The lowest BCUT2D eigenvalue weighted by Crippen LogP contribution is -2.46. The van der Waals surface area contributed by atoms with E-state index in [1.54, 1.807) is 0 Å². The molecule has 0 spiro atoms. The van der Waals surface area contributed by atoms with Crippen LogP contribution in [0.2, 0.25) is 0 Å². The molecule has 1 amide bonds. The van der Waals surface area contributed by atoms with Crippen molar-refractivity contribution in [3.8, 4) is 0 Å². The van der Waals surface area contributed by atoms with Crippen LogP contribution in [-0.2, 0) is 4.74 Å². The maximum absolute atomic E-state index is 12.1. The van der Waals surface area contributed by atoms with E-state index in [0.717, 1.165) is 32.1 Å². The van der Waals surface area contributed by atoms with Crippen molar-refractivity contribution < 1.29 is 23.8 Å². The largest absolute Gasteiger partial charge is 0.475 e. The summed E-state index contributed by atoms with van der Waals surface area (Å²) in [6.45, 7) is 3.17. The smallest absolute Gasteiger partial charge is 0.371 e. The zero-order chi connectivity index (χ0) is 16.0. The number of ether oxygens (including phenoxy) is 1. The number of hydrogen-bond acceptors (Lipinski definition) is 4. The summed E-state index contributed by atoms with van der Waals surface area (Å²) in [7, 11) is 0. The second-order valence-corrected chi connectivity index (χ2v) is 5.74. The van der Waals surface area contributed by atoms with E-state index >= 15 is 0 Å². The molecule has 0 bridgehead atoms. The first-order valence-electron chi connectivity index (χ1n) is 7.81. The molecule has 2 N–H and O–H groups in total. The fraction of sp³-hybridized carbons (Fsp3) is 0.625. The van der Waals surface area contributed by atoms with Crippen molar-refractivity contribution in [3.05, 3.63) is 23.7 Å². The molecule has 1 aliphatic carbocycles. The van der Waals surface area contributed by atoms with Gasteiger partial charge in [0.2, 0.25) is 5.76 Å². The van der Waals surface area contributed by atoms with E-state index in [-0.39, 0.29) is 17.1 Å². The van der Waals surface area contributed by atoms with Crippen molar-refractivity contribution in [2.75, 3.05) is 13.2 Å². The number of furan rings is 1. The van der Waals surface area contributed by atoms with Crippen LogP contribution in [0.25, 0.3) is 0 Å². The van der Waals surface area contributed by atoms with Crippen LogP contribution < -0.4 is 5.32 Å². The first-order chi connectivity index (χ1) is 10.6. The highest BCUT2D eigenvalue weighted by Crippen LogP contribution is 2.31. The van der Waals surface area contributed by atoms with E-state index in [2.05, 4.69) is 12.2 Å². The predicted molar refractivity (Wildman–Crippen MR) is 80.1 cm³/mol. The Labute approximate surface area is 129 Å². The third-order valence-corrected chi connectivity index (χ3v) is 3.99. The van der Waals surface area contributed by atoms with Gasteiger partial charge in [0.25, 0.3) is 5.91 Å². The van der Waals surface area contributed by atoms with Crippen molar-refractivity contribution in [3.63, 3.8) is 0 Å². The molecule has 6 nitrogen and oxygen atoms in total. The standard InChI is InChI=1S/C16H23NO5/c1-2-10-21-16(8-4-3-5-9-16)11-17-14(18)12-6-7-13(22-12)15(19)20/h6-7H,2-5,8-11H2,1H3,(H,17,18)(H,19,20). The highest BCUT2D eigenvalue weighted by Gasteiger charge is 2.33. The molecular formula is C16H23NO5. The van der Waals surface area contributed by atoms with Gasteiger partial charge in [0.05, 0.1) is 5.60 Å². The lowest BCUT2D eigenvalue weighted by atomic mass is 9.84. The van der Waals surface area contributed by atoms with Crippen molar-refractivity contribution in [2.45, 2.75) is 51.0 Å². The van der Waals surface area contributed by atoms with Crippen LogP contribution in [0, 0.1) is 0 Å². The van der Waals surface area contributed by atoms with Gasteiger partial charge in [-0.3, -0.25) is 4.79 Å². The van der Waals surface area contributed by atoms with E-state index in [1.165, 1.54) is 18.6 Å². The molecule has 1 heterocycles. The Morgan fingerprint density at radius 3 is 2.55 bits per heavy atom. The van der Waals surface area contributed by atoms with Gasteiger partial charge in [0, 0.05) is 13.2 Å². The monoisotopic (exact) mass is 309 g/mol. The summed E-state index contributed by atoms with van der Waals surface area (Å²) in [5, 5.41) is 11.6. The molecule has 0 radical (unpaired) electrons. The first-order valence-corrected chi connectivity index (χ1v) is 7.81. The molecule has 0 atom stereocenters. The van der Waals surface area contributed by atoms with E-state index in [1.807, 2.05) is 0 Å². The van der Waals surface area contributed by atoms with Crippen LogP contribution in [0.1, 0.15) is 66.6 Å². The minimum absolute atomic E-state index is 0.0128. The molecule has 122 valence electrons.